The normalized spacial score (nSPS) is 12.3. The van der Waals surface area contributed by atoms with Crippen LogP contribution in [0.4, 0.5) is 5.69 Å². The van der Waals surface area contributed by atoms with E-state index in [0.717, 1.165) is 22.4 Å². The molecule has 0 bridgehead atoms. The van der Waals surface area contributed by atoms with Crippen molar-refractivity contribution in [1.29, 1.82) is 0 Å². The van der Waals surface area contributed by atoms with Gasteiger partial charge in [0.05, 0.1) is 23.9 Å². The summed E-state index contributed by atoms with van der Waals surface area (Å²) in [6, 6.07) is 16.9. The molecule has 0 aliphatic carbocycles. The summed E-state index contributed by atoms with van der Waals surface area (Å²) in [6.45, 7) is 7.90. The highest BCUT2D eigenvalue weighted by molar-refractivity contribution is 7.92. The van der Waals surface area contributed by atoms with Gasteiger partial charge in [0, 0.05) is 5.56 Å². The second kappa shape index (κ2) is 11.1. The minimum absolute atomic E-state index is 0.0354. The van der Waals surface area contributed by atoms with Crippen LogP contribution in [-0.2, 0) is 10.0 Å². The van der Waals surface area contributed by atoms with Crippen LogP contribution in [0, 0.1) is 19.8 Å². The first-order valence-corrected chi connectivity index (χ1v) is 13.2. The van der Waals surface area contributed by atoms with E-state index in [4.69, 9.17) is 16.3 Å². The Morgan fingerprint density at radius 2 is 1.71 bits per heavy atom. The third-order valence-corrected chi connectivity index (χ3v) is 7.71. The van der Waals surface area contributed by atoms with E-state index in [9.17, 15) is 13.2 Å². The van der Waals surface area contributed by atoms with Crippen molar-refractivity contribution in [2.45, 2.75) is 45.1 Å². The van der Waals surface area contributed by atoms with Gasteiger partial charge in [-0.3, -0.25) is 9.52 Å². The zero-order valence-corrected chi connectivity index (χ0v) is 22.1. The van der Waals surface area contributed by atoms with Crippen LogP contribution in [0.5, 0.6) is 5.75 Å². The molecule has 1 amide bonds. The van der Waals surface area contributed by atoms with Gasteiger partial charge in [-0.2, -0.15) is 0 Å². The molecule has 0 saturated heterocycles. The maximum absolute atomic E-state index is 13.2. The molecule has 0 aliphatic rings. The number of hydrogen-bond donors (Lipinski definition) is 2. The van der Waals surface area contributed by atoms with Crippen molar-refractivity contribution < 1.29 is 17.9 Å². The number of nitrogens with one attached hydrogen (secondary N) is 2. The molecule has 186 valence electrons. The fourth-order valence-corrected chi connectivity index (χ4v) is 5.39. The molecule has 0 aromatic heterocycles. The van der Waals surface area contributed by atoms with Gasteiger partial charge in [-0.1, -0.05) is 49.7 Å². The number of benzene rings is 3. The molecule has 6 nitrogen and oxygen atoms in total. The summed E-state index contributed by atoms with van der Waals surface area (Å²) in [5, 5.41) is 3.08. The lowest BCUT2D eigenvalue weighted by Crippen LogP contribution is -2.29. The van der Waals surface area contributed by atoms with E-state index in [-0.39, 0.29) is 27.4 Å². The molecule has 0 saturated carbocycles. The van der Waals surface area contributed by atoms with Gasteiger partial charge in [0.1, 0.15) is 10.6 Å². The number of carbonyl (C=O) groups is 1. The summed E-state index contributed by atoms with van der Waals surface area (Å²) in [5.41, 5.74) is 3.38. The Morgan fingerprint density at radius 3 is 2.34 bits per heavy atom. The second-order valence-corrected chi connectivity index (χ2v) is 11.0. The highest BCUT2D eigenvalue weighted by atomic mass is 35.5. The smallest absolute Gasteiger partial charge is 0.263 e. The van der Waals surface area contributed by atoms with Crippen molar-refractivity contribution >= 4 is 33.2 Å². The first kappa shape index (κ1) is 26.6. The van der Waals surface area contributed by atoms with E-state index < -0.39 is 10.0 Å². The fourth-order valence-electron chi connectivity index (χ4n) is 3.74. The number of ether oxygens (including phenoxy) is 1. The summed E-state index contributed by atoms with van der Waals surface area (Å²) in [4.78, 5) is 13.0. The number of anilines is 1. The van der Waals surface area contributed by atoms with Crippen LogP contribution < -0.4 is 14.8 Å². The number of hydrogen-bond acceptors (Lipinski definition) is 4. The first-order chi connectivity index (χ1) is 16.5. The Hall–Kier alpha value is -3.03. The number of rotatable bonds is 9. The molecule has 3 rings (SSSR count). The third-order valence-electron chi connectivity index (χ3n) is 5.86. The van der Waals surface area contributed by atoms with Crippen molar-refractivity contribution in [2.24, 2.45) is 5.92 Å². The van der Waals surface area contributed by atoms with Gasteiger partial charge in [0.25, 0.3) is 15.9 Å². The predicted molar refractivity (Wildman–Crippen MR) is 141 cm³/mol. The van der Waals surface area contributed by atoms with Gasteiger partial charge >= 0.3 is 0 Å². The minimum atomic E-state index is -4.02. The van der Waals surface area contributed by atoms with E-state index in [2.05, 4.69) is 23.9 Å². The molecular formula is C27H31ClN2O4S. The molecular weight excluding hydrogens is 484 g/mol. The summed E-state index contributed by atoms with van der Waals surface area (Å²) in [5.74, 6) is 0.670. The Labute approximate surface area is 212 Å². The van der Waals surface area contributed by atoms with Crippen LogP contribution in [0.25, 0.3) is 0 Å². The van der Waals surface area contributed by atoms with Crippen LogP contribution in [0.15, 0.2) is 65.6 Å². The van der Waals surface area contributed by atoms with Gasteiger partial charge in [-0.05, 0) is 79.3 Å². The minimum Gasteiger partial charge on any atom is -0.497 e. The predicted octanol–water partition coefficient (Wildman–Crippen LogP) is 6.28. The summed E-state index contributed by atoms with van der Waals surface area (Å²) >= 11 is 6.26. The maximum Gasteiger partial charge on any atom is 0.263 e. The van der Waals surface area contributed by atoms with E-state index in [1.165, 1.54) is 18.2 Å². The summed E-state index contributed by atoms with van der Waals surface area (Å²) in [6.07, 6.45) is 0.713. The molecule has 3 aromatic rings. The van der Waals surface area contributed by atoms with Crippen molar-refractivity contribution in [1.82, 2.24) is 5.32 Å². The molecule has 8 heteroatoms. The third kappa shape index (κ3) is 6.55. The lowest BCUT2D eigenvalue weighted by Gasteiger charge is -2.22. The largest absolute Gasteiger partial charge is 0.497 e. The molecule has 0 aliphatic heterocycles. The number of sulfonamides is 1. The van der Waals surface area contributed by atoms with Gasteiger partial charge in [0.2, 0.25) is 0 Å². The average Bonchev–Trinajstić information content (AvgIpc) is 2.81. The van der Waals surface area contributed by atoms with Gasteiger partial charge < -0.3 is 10.1 Å². The van der Waals surface area contributed by atoms with Crippen molar-refractivity contribution in [3.63, 3.8) is 0 Å². The van der Waals surface area contributed by atoms with E-state index in [1.807, 2.05) is 44.2 Å². The van der Waals surface area contributed by atoms with Crippen LogP contribution in [0.2, 0.25) is 5.02 Å². The van der Waals surface area contributed by atoms with Crippen LogP contribution in [0.1, 0.15) is 53.4 Å². The Kier molecular flexibility index (Phi) is 8.46. The summed E-state index contributed by atoms with van der Waals surface area (Å²) in [7, 11) is -2.42. The Morgan fingerprint density at radius 1 is 1.03 bits per heavy atom. The van der Waals surface area contributed by atoms with Crippen LogP contribution >= 0.6 is 11.6 Å². The lowest BCUT2D eigenvalue weighted by molar-refractivity contribution is 0.0931. The fraction of sp³-hybridized carbons (Fsp3) is 0.296. The van der Waals surface area contributed by atoms with Gasteiger partial charge in [-0.15, -0.1) is 0 Å². The molecule has 1 atom stereocenters. The second-order valence-electron chi connectivity index (χ2n) is 8.93. The number of amides is 1. The van der Waals surface area contributed by atoms with Crippen molar-refractivity contribution in [3.8, 4) is 5.75 Å². The number of halogens is 1. The van der Waals surface area contributed by atoms with Crippen molar-refractivity contribution in [2.75, 3.05) is 11.8 Å². The SMILES string of the molecule is COc1ccc([C@@H](CC(C)C)NC(=O)c2ccc(Cl)c(S(=O)(=O)Nc3cccc(C)c3C)c2)cc1. The quantitative estimate of drug-likeness (QED) is 0.351. The van der Waals surface area contributed by atoms with Gasteiger partial charge in [0.15, 0.2) is 0 Å². The number of carbonyl (C=O) groups excluding carboxylic acids is 1. The molecule has 0 radical (unpaired) electrons. The lowest BCUT2D eigenvalue weighted by atomic mass is 9.96. The molecule has 35 heavy (non-hydrogen) atoms. The Balaban J connectivity index is 1.89. The number of aryl methyl sites for hydroxylation is 1. The highest BCUT2D eigenvalue weighted by Crippen LogP contribution is 2.28. The average molecular weight is 515 g/mol. The van der Waals surface area contributed by atoms with E-state index in [0.29, 0.717) is 18.0 Å². The van der Waals surface area contributed by atoms with Crippen LogP contribution in [0.3, 0.4) is 0 Å². The van der Waals surface area contributed by atoms with E-state index >= 15 is 0 Å². The zero-order valence-electron chi connectivity index (χ0n) is 20.6. The molecule has 0 unspecified atom stereocenters. The Bertz CT molecular complexity index is 1310. The molecule has 0 heterocycles. The summed E-state index contributed by atoms with van der Waals surface area (Å²) < 4.78 is 34.2. The van der Waals surface area contributed by atoms with Gasteiger partial charge in [-0.25, -0.2) is 8.42 Å². The molecule has 0 fully saturated rings. The zero-order chi connectivity index (χ0) is 25.8. The molecule has 2 N–H and O–H groups in total. The van der Waals surface area contributed by atoms with Crippen LogP contribution in [-0.4, -0.2) is 21.4 Å². The topological polar surface area (TPSA) is 84.5 Å². The standard InChI is InChI=1S/C27H31ClN2O4S/c1-17(2)15-25(20-9-12-22(34-5)13-10-20)29-27(31)21-11-14-23(28)26(16-21)35(32,33)30-24-8-6-7-18(3)19(24)4/h6-14,16-17,25,30H,15H2,1-5H3,(H,29,31)/t25-/m1/s1. The maximum atomic E-state index is 13.2. The monoisotopic (exact) mass is 514 g/mol. The highest BCUT2D eigenvalue weighted by Gasteiger charge is 2.23. The molecule has 0 spiro atoms. The number of methoxy groups -OCH3 is 1. The molecule has 3 aromatic carbocycles. The van der Waals surface area contributed by atoms with Crippen molar-refractivity contribution in [3.05, 3.63) is 87.9 Å². The van der Waals surface area contributed by atoms with E-state index in [1.54, 1.807) is 19.2 Å². The first-order valence-electron chi connectivity index (χ1n) is 11.3.